The Hall–Kier alpha value is -1.79. The average molecular weight is 293 g/mol. The molecule has 1 aliphatic carbocycles. The lowest BCUT2D eigenvalue weighted by Crippen LogP contribution is -2.47. The van der Waals surface area contributed by atoms with E-state index in [9.17, 15) is 0 Å². The monoisotopic (exact) mass is 293 g/mol. The Morgan fingerprint density at radius 3 is 2.71 bits per heavy atom. The molecule has 0 amide bonds. The molecule has 0 atom stereocenters. The van der Waals surface area contributed by atoms with Crippen molar-refractivity contribution in [3.05, 3.63) is 29.3 Å². The van der Waals surface area contributed by atoms with Gasteiger partial charge in [-0.1, -0.05) is 11.2 Å². The molecule has 4 N–H and O–H groups in total. The van der Waals surface area contributed by atoms with E-state index >= 15 is 0 Å². The molecule has 0 heterocycles. The Morgan fingerprint density at radius 2 is 2.19 bits per heavy atom. The van der Waals surface area contributed by atoms with Crippen LogP contribution in [0.25, 0.3) is 0 Å². The first kappa shape index (κ1) is 15.6. The predicted molar refractivity (Wildman–Crippen MR) is 80.8 cm³/mol. The van der Waals surface area contributed by atoms with Gasteiger partial charge in [0, 0.05) is 20.2 Å². The molecule has 1 aromatic carbocycles. The van der Waals surface area contributed by atoms with Crippen molar-refractivity contribution >= 4 is 5.84 Å². The zero-order valence-electron chi connectivity index (χ0n) is 12.6. The molecule has 6 nitrogen and oxygen atoms in total. The van der Waals surface area contributed by atoms with Crippen molar-refractivity contribution in [1.82, 2.24) is 5.32 Å². The van der Waals surface area contributed by atoms with Crippen LogP contribution in [0, 0.1) is 0 Å². The SMILES string of the molecule is COc1cc(CNCC2(OC)CCC2)ccc1/C(N)=N/O. The average Bonchev–Trinajstić information content (AvgIpc) is 2.49. The maximum absolute atomic E-state index is 8.75. The van der Waals surface area contributed by atoms with Crippen molar-refractivity contribution in [3.8, 4) is 5.75 Å². The summed E-state index contributed by atoms with van der Waals surface area (Å²) in [5, 5.41) is 15.2. The summed E-state index contributed by atoms with van der Waals surface area (Å²) in [6, 6.07) is 5.62. The van der Waals surface area contributed by atoms with Gasteiger partial charge in [-0.05, 0) is 37.0 Å². The number of amidine groups is 1. The Bertz CT molecular complexity index is 507. The number of nitrogens with zero attached hydrogens (tertiary/aromatic N) is 1. The van der Waals surface area contributed by atoms with Gasteiger partial charge in [-0.3, -0.25) is 0 Å². The lowest BCUT2D eigenvalue weighted by molar-refractivity contribution is -0.0695. The van der Waals surface area contributed by atoms with Gasteiger partial charge < -0.3 is 25.7 Å². The minimum Gasteiger partial charge on any atom is -0.496 e. The van der Waals surface area contributed by atoms with Crippen molar-refractivity contribution in [2.75, 3.05) is 20.8 Å². The van der Waals surface area contributed by atoms with Crippen LogP contribution in [-0.2, 0) is 11.3 Å². The molecular formula is C15H23N3O3. The summed E-state index contributed by atoms with van der Waals surface area (Å²) in [7, 11) is 3.34. The van der Waals surface area contributed by atoms with Crippen molar-refractivity contribution in [2.45, 2.75) is 31.4 Å². The van der Waals surface area contributed by atoms with Crippen molar-refractivity contribution < 1.29 is 14.7 Å². The Kier molecular flexibility index (Phi) is 5.03. The first-order chi connectivity index (χ1) is 10.1. The highest BCUT2D eigenvalue weighted by Crippen LogP contribution is 2.34. The number of benzene rings is 1. The third-order valence-electron chi connectivity index (χ3n) is 4.12. The van der Waals surface area contributed by atoms with Crippen LogP contribution in [0.2, 0.25) is 0 Å². The zero-order valence-corrected chi connectivity index (χ0v) is 12.6. The highest BCUT2D eigenvalue weighted by atomic mass is 16.5. The highest BCUT2D eigenvalue weighted by molar-refractivity contribution is 5.99. The van der Waals surface area contributed by atoms with Gasteiger partial charge in [-0.25, -0.2) is 0 Å². The van der Waals surface area contributed by atoms with Gasteiger partial charge in [-0.2, -0.15) is 0 Å². The Morgan fingerprint density at radius 1 is 1.43 bits per heavy atom. The molecule has 0 radical (unpaired) electrons. The van der Waals surface area contributed by atoms with Crippen molar-refractivity contribution in [2.24, 2.45) is 10.9 Å². The van der Waals surface area contributed by atoms with Crippen LogP contribution >= 0.6 is 0 Å². The maximum atomic E-state index is 8.75. The van der Waals surface area contributed by atoms with Gasteiger partial charge in [0.1, 0.15) is 5.75 Å². The van der Waals surface area contributed by atoms with Gasteiger partial charge in [-0.15, -0.1) is 0 Å². The second-order valence-corrected chi connectivity index (χ2v) is 5.36. The molecule has 0 saturated heterocycles. The summed E-state index contributed by atoms with van der Waals surface area (Å²) in [6.07, 6.45) is 3.46. The van der Waals surface area contributed by atoms with Crippen molar-refractivity contribution in [1.29, 1.82) is 0 Å². The molecule has 0 unspecified atom stereocenters. The Balaban J connectivity index is 1.98. The van der Waals surface area contributed by atoms with Crippen LogP contribution in [-0.4, -0.2) is 37.4 Å². The van der Waals surface area contributed by atoms with E-state index in [0.717, 1.165) is 31.5 Å². The fourth-order valence-corrected chi connectivity index (χ4v) is 2.57. The molecule has 1 saturated carbocycles. The van der Waals surface area contributed by atoms with E-state index in [2.05, 4.69) is 10.5 Å². The first-order valence-corrected chi connectivity index (χ1v) is 7.05. The summed E-state index contributed by atoms with van der Waals surface area (Å²) in [6.45, 7) is 1.56. The van der Waals surface area contributed by atoms with Crippen LogP contribution in [0.15, 0.2) is 23.4 Å². The van der Waals surface area contributed by atoms with Crippen molar-refractivity contribution in [3.63, 3.8) is 0 Å². The third-order valence-corrected chi connectivity index (χ3v) is 4.12. The number of methoxy groups -OCH3 is 2. The lowest BCUT2D eigenvalue weighted by atomic mass is 9.80. The van der Waals surface area contributed by atoms with E-state index in [-0.39, 0.29) is 11.4 Å². The molecule has 0 aliphatic heterocycles. The van der Waals surface area contributed by atoms with Crippen LogP contribution < -0.4 is 15.8 Å². The van der Waals surface area contributed by atoms with Crippen LogP contribution in [0.4, 0.5) is 0 Å². The molecule has 6 heteroatoms. The lowest BCUT2D eigenvalue weighted by Gasteiger charge is -2.40. The minimum absolute atomic E-state index is 0.0119. The minimum atomic E-state index is 0.0119. The molecule has 1 fully saturated rings. The quantitative estimate of drug-likeness (QED) is 0.306. The van der Waals surface area contributed by atoms with Gasteiger partial charge >= 0.3 is 0 Å². The molecular weight excluding hydrogens is 270 g/mol. The number of rotatable bonds is 7. The summed E-state index contributed by atoms with van der Waals surface area (Å²) < 4.78 is 10.9. The van der Waals surface area contributed by atoms with Crippen LogP contribution in [0.1, 0.15) is 30.4 Å². The fraction of sp³-hybridized carbons (Fsp3) is 0.533. The van der Waals surface area contributed by atoms with Crippen LogP contribution in [0.5, 0.6) is 5.75 Å². The molecule has 1 aliphatic rings. The molecule has 116 valence electrons. The van der Waals surface area contributed by atoms with E-state index in [1.54, 1.807) is 20.3 Å². The summed E-state index contributed by atoms with van der Waals surface area (Å²) >= 11 is 0. The second kappa shape index (κ2) is 6.78. The normalized spacial score (nSPS) is 17.3. The van der Waals surface area contributed by atoms with Crippen LogP contribution in [0.3, 0.4) is 0 Å². The number of oxime groups is 1. The van der Waals surface area contributed by atoms with Gasteiger partial charge in [0.15, 0.2) is 5.84 Å². The van der Waals surface area contributed by atoms with E-state index < -0.39 is 0 Å². The van der Waals surface area contributed by atoms with Gasteiger partial charge in [0.05, 0.1) is 18.3 Å². The predicted octanol–water partition coefficient (Wildman–Crippen LogP) is 1.45. The molecule has 0 spiro atoms. The fourth-order valence-electron chi connectivity index (χ4n) is 2.57. The molecule has 21 heavy (non-hydrogen) atoms. The highest BCUT2D eigenvalue weighted by Gasteiger charge is 2.36. The van der Waals surface area contributed by atoms with Gasteiger partial charge in [0.25, 0.3) is 0 Å². The number of hydrogen-bond acceptors (Lipinski definition) is 5. The third kappa shape index (κ3) is 3.46. The molecule has 2 rings (SSSR count). The smallest absolute Gasteiger partial charge is 0.173 e. The summed E-state index contributed by atoms with van der Waals surface area (Å²) in [5.74, 6) is 0.633. The number of ether oxygens (including phenoxy) is 2. The van der Waals surface area contributed by atoms with E-state index in [0.29, 0.717) is 11.3 Å². The van der Waals surface area contributed by atoms with E-state index in [4.69, 9.17) is 20.4 Å². The molecule has 0 aromatic heterocycles. The number of hydrogen-bond donors (Lipinski definition) is 3. The number of nitrogens with one attached hydrogen (secondary N) is 1. The standard InChI is InChI=1S/C15H23N3O3/c1-20-13-8-11(4-5-12(13)14(16)18-19)9-17-10-15(21-2)6-3-7-15/h4-5,8,17,19H,3,6-7,9-10H2,1-2H3,(H2,16,18). The van der Waals surface area contributed by atoms with E-state index in [1.165, 1.54) is 6.42 Å². The van der Waals surface area contributed by atoms with Gasteiger partial charge in [0.2, 0.25) is 0 Å². The second-order valence-electron chi connectivity index (χ2n) is 5.36. The molecule has 0 bridgehead atoms. The number of nitrogens with two attached hydrogens (primary N) is 1. The Labute approximate surface area is 124 Å². The zero-order chi connectivity index (χ0) is 15.3. The first-order valence-electron chi connectivity index (χ1n) is 7.05. The summed E-state index contributed by atoms with van der Waals surface area (Å²) in [4.78, 5) is 0. The molecule has 1 aromatic rings. The largest absolute Gasteiger partial charge is 0.496 e. The maximum Gasteiger partial charge on any atom is 0.173 e. The summed E-state index contributed by atoms with van der Waals surface area (Å²) in [5.41, 5.74) is 7.28. The topological polar surface area (TPSA) is 89.1 Å². The van der Waals surface area contributed by atoms with E-state index in [1.807, 2.05) is 12.1 Å².